The first-order valence-electron chi connectivity index (χ1n) is 8.74. The van der Waals surface area contributed by atoms with E-state index >= 15 is 0 Å². The molecule has 0 unspecified atom stereocenters. The predicted molar refractivity (Wildman–Crippen MR) is 106 cm³/mol. The number of benzene rings is 2. The van der Waals surface area contributed by atoms with Gasteiger partial charge in [0, 0.05) is 5.02 Å². The van der Waals surface area contributed by atoms with Crippen LogP contribution in [0.3, 0.4) is 0 Å². The minimum Gasteiger partial charge on any atom is -0.497 e. The molecule has 29 heavy (non-hydrogen) atoms. The van der Waals surface area contributed by atoms with Crippen LogP contribution in [-0.2, 0) is 15.1 Å². The molecule has 152 valence electrons. The van der Waals surface area contributed by atoms with E-state index in [1.54, 1.807) is 49.4 Å². The molecule has 1 fully saturated rings. The molecule has 4 amide bonds. The van der Waals surface area contributed by atoms with Gasteiger partial charge in [0.2, 0.25) is 0 Å². The minimum absolute atomic E-state index is 0.378. The quantitative estimate of drug-likeness (QED) is 0.704. The van der Waals surface area contributed by atoms with Crippen molar-refractivity contribution in [3.63, 3.8) is 0 Å². The van der Waals surface area contributed by atoms with Crippen LogP contribution < -0.4 is 20.2 Å². The van der Waals surface area contributed by atoms with Crippen LogP contribution in [0, 0.1) is 6.92 Å². The molecule has 0 aromatic heterocycles. The molecule has 1 saturated heterocycles. The lowest BCUT2D eigenvalue weighted by atomic mass is 9.92. The van der Waals surface area contributed by atoms with Gasteiger partial charge >= 0.3 is 6.03 Å². The number of hydrazine groups is 1. The number of aryl methyl sites for hydroxylation is 1. The van der Waals surface area contributed by atoms with Gasteiger partial charge in [-0.15, -0.1) is 0 Å². The Kier molecular flexibility index (Phi) is 5.65. The molecular formula is C20H20ClN3O5. The van der Waals surface area contributed by atoms with E-state index in [9.17, 15) is 14.4 Å². The highest BCUT2D eigenvalue weighted by atomic mass is 35.5. The predicted octanol–water partition coefficient (Wildman–Crippen LogP) is 2.53. The number of nitrogens with one attached hydrogen (secondary N) is 2. The Hall–Kier alpha value is -3.26. The second-order valence-corrected chi connectivity index (χ2v) is 7.07. The summed E-state index contributed by atoms with van der Waals surface area (Å²) in [4.78, 5) is 37.3. The van der Waals surface area contributed by atoms with Crippen LogP contribution in [0.1, 0.15) is 18.1 Å². The van der Waals surface area contributed by atoms with Crippen LogP contribution >= 0.6 is 11.6 Å². The third-order valence-corrected chi connectivity index (χ3v) is 5.02. The number of nitrogens with zero attached hydrogens (tertiary/aromatic N) is 1. The molecule has 1 aliphatic heterocycles. The van der Waals surface area contributed by atoms with Crippen molar-refractivity contribution < 1.29 is 23.9 Å². The Bertz CT molecular complexity index is 963. The highest BCUT2D eigenvalue weighted by Gasteiger charge is 2.50. The number of imide groups is 1. The average molecular weight is 418 g/mol. The molecule has 0 radical (unpaired) electrons. The molecule has 1 atom stereocenters. The van der Waals surface area contributed by atoms with Crippen molar-refractivity contribution in [2.45, 2.75) is 19.4 Å². The third kappa shape index (κ3) is 4.12. The van der Waals surface area contributed by atoms with Crippen LogP contribution in [0.25, 0.3) is 0 Å². The number of carbonyl (C=O) groups is 3. The maximum Gasteiger partial charge on any atom is 0.344 e. The third-order valence-electron chi connectivity index (χ3n) is 4.59. The molecule has 9 heteroatoms. The summed E-state index contributed by atoms with van der Waals surface area (Å²) in [6.07, 6.45) is 0. The zero-order valence-corrected chi connectivity index (χ0v) is 16.9. The number of hydrogen-bond donors (Lipinski definition) is 2. The van der Waals surface area contributed by atoms with E-state index in [1.807, 2.05) is 6.92 Å². The number of amides is 4. The van der Waals surface area contributed by atoms with Gasteiger partial charge < -0.3 is 14.8 Å². The minimum atomic E-state index is -1.31. The summed E-state index contributed by atoms with van der Waals surface area (Å²) in [6, 6.07) is 10.9. The van der Waals surface area contributed by atoms with Gasteiger partial charge in [0.05, 0.1) is 7.11 Å². The van der Waals surface area contributed by atoms with Gasteiger partial charge in [-0.1, -0.05) is 23.7 Å². The van der Waals surface area contributed by atoms with Gasteiger partial charge in [-0.25, -0.2) is 4.79 Å². The summed E-state index contributed by atoms with van der Waals surface area (Å²) in [6.45, 7) is 2.99. The summed E-state index contributed by atoms with van der Waals surface area (Å²) in [5, 5.41) is 3.84. The van der Waals surface area contributed by atoms with Gasteiger partial charge in [-0.05, 0) is 55.3 Å². The van der Waals surface area contributed by atoms with Crippen LogP contribution in [0.15, 0.2) is 42.5 Å². The lowest BCUT2D eigenvalue weighted by Crippen LogP contribution is -2.49. The van der Waals surface area contributed by atoms with E-state index < -0.39 is 23.4 Å². The molecule has 8 nitrogen and oxygen atoms in total. The fourth-order valence-electron chi connectivity index (χ4n) is 2.87. The summed E-state index contributed by atoms with van der Waals surface area (Å²) >= 11 is 5.95. The zero-order valence-electron chi connectivity index (χ0n) is 16.1. The van der Waals surface area contributed by atoms with E-state index in [2.05, 4.69) is 10.7 Å². The summed E-state index contributed by atoms with van der Waals surface area (Å²) in [5.41, 5.74) is 2.32. The van der Waals surface area contributed by atoms with E-state index in [1.165, 1.54) is 7.11 Å². The Morgan fingerprint density at radius 2 is 1.83 bits per heavy atom. The summed E-state index contributed by atoms with van der Waals surface area (Å²) in [5.74, 6) is -0.195. The largest absolute Gasteiger partial charge is 0.497 e. The van der Waals surface area contributed by atoms with Crippen molar-refractivity contribution in [2.75, 3.05) is 13.7 Å². The Balaban J connectivity index is 1.65. The Morgan fingerprint density at radius 3 is 2.45 bits per heavy atom. The fraction of sp³-hybridized carbons (Fsp3) is 0.250. The monoisotopic (exact) mass is 417 g/mol. The normalized spacial score (nSPS) is 18.4. The smallest absolute Gasteiger partial charge is 0.344 e. The van der Waals surface area contributed by atoms with Crippen LogP contribution in [0.2, 0.25) is 5.02 Å². The first kappa shape index (κ1) is 20.5. The Morgan fingerprint density at radius 1 is 1.17 bits per heavy atom. The molecule has 0 saturated carbocycles. The van der Waals surface area contributed by atoms with Crippen molar-refractivity contribution in [2.24, 2.45) is 0 Å². The van der Waals surface area contributed by atoms with Gasteiger partial charge in [-0.2, -0.15) is 5.01 Å². The van der Waals surface area contributed by atoms with Crippen LogP contribution in [-0.4, -0.2) is 36.6 Å². The second-order valence-electron chi connectivity index (χ2n) is 6.66. The van der Waals surface area contributed by atoms with E-state index in [0.717, 1.165) is 5.56 Å². The first-order chi connectivity index (χ1) is 13.7. The summed E-state index contributed by atoms with van der Waals surface area (Å²) in [7, 11) is 1.53. The lowest BCUT2D eigenvalue weighted by molar-refractivity contribution is -0.139. The van der Waals surface area contributed by atoms with Crippen LogP contribution in [0.4, 0.5) is 4.79 Å². The Labute approximate surface area is 172 Å². The van der Waals surface area contributed by atoms with Crippen molar-refractivity contribution in [3.8, 4) is 11.5 Å². The number of rotatable bonds is 6. The van der Waals surface area contributed by atoms with Gasteiger partial charge in [0.1, 0.15) is 17.0 Å². The molecule has 0 spiro atoms. The van der Waals surface area contributed by atoms with Crippen molar-refractivity contribution in [3.05, 3.63) is 58.6 Å². The summed E-state index contributed by atoms with van der Waals surface area (Å²) < 4.78 is 10.5. The van der Waals surface area contributed by atoms with Crippen molar-refractivity contribution >= 4 is 29.4 Å². The molecule has 3 rings (SSSR count). The number of halogens is 1. The van der Waals surface area contributed by atoms with Crippen molar-refractivity contribution in [1.29, 1.82) is 0 Å². The molecule has 0 bridgehead atoms. The van der Waals surface area contributed by atoms with Gasteiger partial charge in [0.15, 0.2) is 6.61 Å². The van der Waals surface area contributed by atoms with E-state index in [-0.39, 0.29) is 6.61 Å². The number of urea groups is 1. The number of ether oxygens (including phenoxy) is 2. The SMILES string of the molecule is COc1ccc([C@]2(C)NC(=O)N(NC(=O)COc3ccc(Cl)c(C)c3)C2=O)cc1. The number of methoxy groups -OCH3 is 1. The topological polar surface area (TPSA) is 97.0 Å². The van der Waals surface area contributed by atoms with E-state index in [0.29, 0.717) is 27.1 Å². The zero-order chi connectivity index (χ0) is 21.2. The highest BCUT2D eigenvalue weighted by molar-refractivity contribution is 6.31. The molecule has 0 aliphatic carbocycles. The maximum absolute atomic E-state index is 12.8. The maximum atomic E-state index is 12.8. The average Bonchev–Trinajstić information content (AvgIpc) is 2.93. The molecule has 1 aliphatic rings. The lowest BCUT2D eigenvalue weighted by Gasteiger charge is -2.22. The fourth-order valence-corrected chi connectivity index (χ4v) is 2.99. The number of hydrogen-bond acceptors (Lipinski definition) is 5. The first-order valence-corrected chi connectivity index (χ1v) is 9.12. The molecule has 2 aromatic rings. The molecular weight excluding hydrogens is 398 g/mol. The van der Waals surface area contributed by atoms with Gasteiger partial charge in [-0.3, -0.25) is 15.0 Å². The molecule has 2 aromatic carbocycles. The van der Waals surface area contributed by atoms with Gasteiger partial charge in [0.25, 0.3) is 11.8 Å². The van der Waals surface area contributed by atoms with Crippen LogP contribution in [0.5, 0.6) is 11.5 Å². The molecule has 1 heterocycles. The second kappa shape index (κ2) is 8.00. The molecule has 2 N–H and O–H groups in total. The number of carbonyl (C=O) groups excluding carboxylic acids is 3. The van der Waals surface area contributed by atoms with E-state index in [4.69, 9.17) is 21.1 Å². The van der Waals surface area contributed by atoms with Crippen molar-refractivity contribution in [1.82, 2.24) is 15.8 Å². The standard InChI is InChI=1S/C20H20ClN3O5/c1-12-10-15(8-9-16(12)21)29-11-17(25)23-24-18(26)20(2,22-19(24)27)13-4-6-14(28-3)7-5-13/h4-10H,11H2,1-3H3,(H,22,27)(H,23,25)/t20-/m0/s1. The highest BCUT2D eigenvalue weighted by Crippen LogP contribution is 2.29.